The molecule has 2 aromatic heterocycles. The average molecular weight is 536 g/mol. The lowest BCUT2D eigenvalue weighted by Crippen LogP contribution is -2.07. The molecule has 0 aliphatic rings. The van der Waals surface area contributed by atoms with Crippen LogP contribution in [-0.4, -0.2) is 0 Å². The molecule has 7 rings (SSSR count). The maximum Gasteiger partial charge on any atom is 0.130 e. The van der Waals surface area contributed by atoms with Gasteiger partial charge in [-0.1, -0.05) is 54.6 Å². The number of hydrogen-bond acceptors (Lipinski definition) is 5. The number of hydrogen-bond donors (Lipinski definition) is 0. The van der Waals surface area contributed by atoms with E-state index in [-0.39, 0.29) is 5.57 Å². The molecule has 5 aromatic carbocycles. The SMILES string of the molecule is Cc1ccc(N(c2ccc(C)s2)c2ccc3c4ccc(C=C(C#N)C#N)c5cccc(c6cccc2c63)c54)s1. The second-order valence-electron chi connectivity index (χ2n) is 9.68. The summed E-state index contributed by atoms with van der Waals surface area (Å²) in [6, 6.07) is 34.4. The van der Waals surface area contributed by atoms with Crippen LogP contribution in [0.25, 0.3) is 49.2 Å². The van der Waals surface area contributed by atoms with Gasteiger partial charge in [-0.05, 0) is 93.5 Å². The summed E-state index contributed by atoms with van der Waals surface area (Å²) in [5, 5.41) is 30.5. The fraction of sp³-hybridized carbons (Fsp3) is 0.0588. The Balaban J connectivity index is 1.58. The highest BCUT2D eigenvalue weighted by Crippen LogP contribution is 2.48. The first kappa shape index (κ1) is 23.4. The second kappa shape index (κ2) is 8.96. The lowest BCUT2D eigenvalue weighted by molar-refractivity contribution is 1.38. The van der Waals surface area contributed by atoms with E-state index >= 15 is 0 Å². The van der Waals surface area contributed by atoms with Crippen LogP contribution in [0.5, 0.6) is 0 Å². The van der Waals surface area contributed by atoms with E-state index in [9.17, 15) is 10.5 Å². The quantitative estimate of drug-likeness (QED) is 0.128. The zero-order valence-corrected chi connectivity index (χ0v) is 23.0. The van der Waals surface area contributed by atoms with Crippen LogP contribution >= 0.6 is 22.7 Å². The number of aryl methyl sites for hydroxylation is 2. The summed E-state index contributed by atoms with van der Waals surface area (Å²) in [7, 11) is 0. The molecule has 5 heteroatoms. The zero-order chi connectivity index (χ0) is 26.7. The Morgan fingerprint density at radius 1 is 0.615 bits per heavy atom. The highest BCUT2D eigenvalue weighted by Gasteiger charge is 2.21. The molecule has 0 aliphatic carbocycles. The molecule has 0 radical (unpaired) electrons. The van der Waals surface area contributed by atoms with Crippen molar-refractivity contribution in [3.8, 4) is 12.1 Å². The number of thiophene rings is 2. The largest absolute Gasteiger partial charge is 0.292 e. The summed E-state index contributed by atoms with van der Waals surface area (Å²) in [5.74, 6) is 0. The van der Waals surface area contributed by atoms with E-state index in [4.69, 9.17) is 0 Å². The Labute approximate surface area is 234 Å². The molecule has 0 saturated heterocycles. The monoisotopic (exact) mass is 535 g/mol. The van der Waals surface area contributed by atoms with Gasteiger partial charge < -0.3 is 0 Å². The summed E-state index contributed by atoms with van der Waals surface area (Å²) < 4.78 is 0. The predicted octanol–water partition coefficient (Wildman–Crippen LogP) is 10.4. The number of nitrogens with zero attached hydrogens (tertiary/aromatic N) is 3. The standard InChI is InChI=1S/C34H21N3S2/c1-20-9-15-31(38-20)37(32-16-10-21(2)39-32)30-14-13-28-27-12-11-23(17-22(18-35)19-36)24-5-3-6-25(33(24)27)26-7-4-8-29(30)34(26)28/h3-17H,1-2H3. The van der Waals surface area contributed by atoms with Gasteiger partial charge in [0.1, 0.15) is 27.7 Å². The normalized spacial score (nSPS) is 11.3. The second-order valence-corrected chi connectivity index (χ2v) is 12.2. The van der Waals surface area contributed by atoms with E-state index in [1.165, 1.54) is 57.8 Å². The van der Waals surface area contributed by atoms with Gasteiger partial charge in [-0.15, -0.1) is 22.7 Å². The van der Waals surface area contributed by atoms with E-state index in [1.54, 1.807) is 28.7 Å². The molecule has 0 bridgehead atoms. The number of anilines is 3. The molecule has 0 unspecified atom stereocenters. The number of rotatable bonds is 4. The molecule has 0 amide bonds. The van der Waals surface area contributed by atoms with E-state index < -0.39 is 0 Å². The molecule has 184 valence electrons. The zero-order valence-electron chi connectivity index (χ0n) is 21.3. The van der Waals surface area contributed by atoms with Crippen LogP contribution in [0.2, 0.25) is 0 Å². The summed E-state index contributed by atoms with van der Waals surface area (Å²) >= 11 is 3.61. The van der Waals surface area contributed by atoms with Crippen molar-refractivity contribution in [1.82, 2.24) is 0 Å². The molecule has 2 heterocycles. The Morgan fingerprint density at radius 3 is 1.69 bits per heavy atom. The van der Waals surface area contributed by atoms with Crippen LogP contribution in [-0.2, 0) is 0 Å². The minimum absolute atomic E-state index is 0.103. The molecule has 3 nitrogen and oxygen atoms in total. The molecule has 0 saturated carbocycles. The van der Waals surface area contributed by atoms with Gasteiger partial charge in [0.25, 0.3) is 0 Å². The summed E-state index contributed by atoms with van der Waals surface area (Å²) in [4.78, 5) is 4.97. The first-order valence-corrected chi connectivity index (χ1v) is 14.3. The number of nitriles is 2. The maximum atomic E-state index is 9.35. The summed E-state index contributed by atoms with van der Waals surface area (Å²) in [6.07, 6.45) is 1.69. The van der Waals surface area contributed by atoms with Crippen molar-refractivity contribution in [3.63, 3.8) is 0 Å². The van der Waals surface area contributed by atoms with Crippen molar-refractivity contribution in [2.75, 3.05) is 4.90 Å². The van der Waals surface area contributed by atoms with Gasteiger partial charge in [0.05, 0.1) is 5.69 Å². The van der Waals surface area contributed by atoms with Crippen LogP contribution in [0, 0.1) is 36.5 Å². The van der Waals surface area contributed by atoms with Crippen molar-refractivity contribution < 1.29 is 0 Å². The summed E-state index contributed by atoms with van der Waals surface area (Å²) in [5.41, 5.74) is 2.15. The third-order valence-corrected chi connectivity index (χ3v) is 9.32. The number of allylic oxidation sites excluding steroid dienone is 1. The van der Waals surface area contributed by atoms with Crippen molar-refractivity contribution in [3.05, 3.63) is 106 Å². The van der Waals surface area contributed by atoms with E-state index in [1.807, 2.05) is 18.2 Å². The molecule has 0 aliphatic heterocycles. The van der Waals surface area contributed by atoms with Gasteiger partial charge >= 0.3 is 0 Å². The van der Waals surface area contributed by atoms with Crippen molar-refractivity contribution in [2.24, 2.45) is 0 Å². The third kappa shape index (κ3) is 3.60. The topological polar surface area (TPSA) is 50.8 Å². The lowest BCUT2D eigenvalue weighted by Gasteiger charge is -2.25. The average Bonchev–Trinajstić information content (AvgIpc) is 3.59. The fourth-order valence-electron chi connectivity index (χ4n) is 5.71. The van der Waals surface area contributed by atoms with Crippen LogP contribution in [0.4, 0.5) is 15.7 Å². The fourth-order valence-corrected chi connectivity index (χ4v) is 7.55. The van der Waals surface area contributed by atoms with Gasteiger partial charge in [-0.2, -0.15) is 10.5 Å². The lowest BCUT2D eigenvalue weighted by atomic mass is 9.87. The molecule has 0 fully saturated rings. The molecule has 7 aromatic rings. The maximum absolute atomic E-state index is 9.35. The van der Waals surface area contributed by atoms with Crippen LogP contribution in [0.15, 0.2) is 90.5 Å². The molecular weight excluding hydrogens is 515 g/mol. The first-order chi connectivity index (χ1) is 19.1. The highest BCUT2D eigenvalue weighted by atomic mass is 32.1. The van der Waals surface area contributed by atoms with E-state index in [2.05, 4.69) is 97.6 Å². The molecule has 0 atom stereocenters. The minimum atomic E-state index is 0.103. The van der Waals surface area contributed by atoms with Crippen LogP contribution < -0.4 is 4.90 Å². The van der Waals surface area contributed by atoms with Gasteiger partial charge in [0.2, 0.25) is 0 Å². The smallest absolute Gasteiger partial charge is 0.130 e. The summed E-state index contributed by atoms with van der Waals surface area (Å²) in [6.45, 7) is 4.31. The van der Waals surface area contributed by atoms with Gasteiger partial charge in [0.15, 0.2) is 0 Å². The third-order valence-electron chi connectivity index (χ3n) is 7.35. The first-order valence-electron chi connectivity index (χ1n) is 12.6. The predicted molar refractivity (Wildman–Crippen MR) is 167 cm³/mol. The van der Waals surface area contributed by atoms with E-state index in [0.717, 1.165) is 16.3 Å². The molecular formula is C34H21N3S2. The van der Waals surface area contributed by atoms with Crippen molar-refractivity contribution >= 4 is 87.5 Å². The molecule has 0 N–H and O–H groups in total. The van der Waals surface area contributed by atoms with Gasteiger partial charge in [-0.25, -0.2) is 0 Å². The van der Waals surface area contributed by atoms with E-state index in [0.29, 0.717) is 0 Å². The molecule has 0 spiro atoms. The van der Waals surface area contributed by atoms with Gasteiger partial charge in [-0.3, -0.25) is 4.90 Å². The minimum Gasteiger partial charge on any atom is -0.292 e. The number of benzene rings is 5. The van der Waals surface area contributed by atoms with Crippen molar-refractivity contribution in [1.29, 1.82) is 10.5 Å². The Kier molecular flexibility index (Phi) is 5.39. The number of fused-ring (bicyclic) bond motifs is 2. The van der Waals surface area contributed by atoms with Crippen molar-refractivity contribution in [2.45, 2.75) is 13.8 Å². The van der Waals surface area contributed by atoms with Crippen LogP contribution in [0.1, 0.15) is 15.3 Å². The van der Waals surface area contributed by atoms with Crippen LogP contribution in [0.3, 0.4) is 0 Å². The Bertz CT molecular complexity index is 2110. The highest BCUT2D eigenvalue weighted by molar-refractivity contribution is 7.18. The Morgan fingerprint density at radius 2 is 1.13 bits per heavy atom. The Hall–Kier alpha value is -4.68. The van der Waals surface area contributed by atoms with Gasteiger partial charge in [0, 0.05) is 15.1 Å². The molecule has 39 heavy (non-hydrogen) atoms.